The van der Waals surface area contributed by atoms with Gasteiger partial charge in [-0.25, -0.2) is 32.7 Å². The summed E-state index contributed by atoms with van der Waals surface area (Å²) in [6.07, 6.45) is 5.97. The zero-order valence-electron chi connectivity index (χ0n) is 24.3. The number of carbonyl (C=O) groups is 1. The van der Waals surface area contributed by atoms with Gasteiger partial charge in [0, 0.05) is 24.0 Å². The van der Waals surface area contributed by atoms with Crippen molar-refractivity contribution >= 4 is 15.9 Å². The first-order chi connectivity index (χ1) is 20.2. The predicted molar refractivity (Wildman–Crippen MR) is 160 cm³/mol. The van der Waals surface area contributed by atoms with Crippen molar-refractivity contribution in [1.29, 1.82) is 0 Å². The van der Waals surface area contributed by atoms with Crippen molar-refractivity contribution in [3.8, 4) is 22.8 Å². The molecule has 0 fully saturated rings. The number of hydrogen-bond acceptors (Lipinski definition) is 8. The fraction of sp³-hybridized carbons (Fsp3) is 0.323. The standard InChI is InChI=1S/C31H35N5O5S/c1-5-8-12-27-26(30(38)36(21(4)34-27)31-32-19-24(20-33-31)41-7-3)18-22-14-16-23(17-15-22)25-11-9-10-13-28(25)42(39,40)35-29(37)6-2/h9-11,13-17,19-20H,5-8,12,18H2,1-4H3,(H,35,37). The van der Waals surface area contributed by atoms with Gasteiger partial charge >= 0.3 is 0 Å². The molecule has 4 aromatic rings. The van der Waals surface area contributed by atoms with Crippen LogP contribution in [-0.2, 0) is 27.7 Å². The average molecular weight is 590 g/mol. The third-order valence-corrected chi connectivity index (χ3v) is 8.15. The molecule has 0 atom stereocenters. The summed E-state index contributed by atoms with van der Waals surface area (Å²) >= 11 is 0. The summed E-state index contributed by atoms with van der Waals surface area (Å²) < 4.78 is 34.8. The average Bonchev–Trinajstić information content (AvgIpc) is 2.98. The summed E-state index contributed by atoms with van der Waals surface area (Å²) in [6, 6.07) is 13.9. The van der Waals surface area contributed by atoms with Crippen LogP contribution in [0.3, 0.4) is 0 Å². The van der Waals surface area contributed by atoms with E-state index in [1.807, 2.05) is 31.2 Å². The van der Waals surface area contributed by atoms with Crippen molar-refractivity contribution in [2.45, 2.75) is 64.7 Å². The molecule has 1 N–H and O–H groups in total. The van der Waals surface area contributed by atoms with Gasteiger partial charge in [-0.2, -0.15) is 0 Å². The van der Waals surface area contributed by atoms with E-state index >= 15 is 0 Å². The highest BCUT2D eigenvalue weighted by atomic mass is 32.2. The van der Waals surface area contributed by atoms with Gasteiger partial charge in [0.25, 0.3) is 15.6 Å². The van der Waals surface area contributed by atoms with Crippen molar-refractivity contribution in [2.75, 3.05) is 6.61 Å². The second kappa shape index (κ2) is 13.5. The van der Waals surface area contributed by atoms with Crippen LogP contribution in [0.2, 0.25) is 0 Å². The molecule has 220 valence electrons. The van der Waals surface area contributed by atoms with Crippen molar-refractivity contribution in [3.63, 3.8) is 0 Å². The molecule has 2 heterocycles. The lowest BCUT2D eigenvalue weighted by atomic mass is 9.98. The quantitative estimate of drug-likeness (QED) is 0.255. The van der Waals surface area contributed by atoms with E-state index in [1.165, 1.54) is 23.0 Å². The number of aromatic nitrogens is 4. The van der Waals surface area contributed by atoms with Crippen LogP contribution in [0.15, 0.2) is 70.6 Å². The molecular weight excluding hydrogens is 554 g/mol. The Hall–Kier alpha value is -4.38. The predicted octanol–water partition coefficient (Wildman–Crippen LogP) is 4.54. The van der Waals surface area contributed by atoms with E-state index < -0.39 is 15.9 Å². The molecule has 11 heteroatoms. The van der Waals surface area contributed by atoms with Crippen LogP contribution in [0.5, 0.6) is 5.75 Å². The molecule has 0 aliphatic carbocycles. The molecular formula is C31H35N5O5S. The molecule has 1 amide bonds. The molecule has 4 rings (SSSR count). The molecule has 0 spiro atoms. The lowest BCUT2D eigenvalue weighted by Gasteiger charge is -2.15. The lowest BCUT2D eigenvalue weighted by Crippen LogP contribution is -2.30. The van der Waals surface area contributed by atoms with Crippen LogP contribution >= 0.6 is 0 Å². The molecule has 0 unspecified atom stereocenters. The first-order valence-corrected chi connectivity index (χ1v) is 15.5. The van der Waals surface area contributed by atoms with Gasteiger partial charge in [-0.05, 0) is 43.9 Å². The van der Waals surface area contributed by atoms with Gasteiger partial charge in [-0.1, -0.05) is 62.7 Å². The first kappa shape index (κ1) is 30.6. The van der Waals surface area contributed by atoms with Crippen LogP contribution in [-0.4, -0.2) is 40.5 Å². The lowest BCUT2D eigenvalue weighted by molar-refractivity contribution is -0.119. The Morgan fingerprint density at radius 2 is 1.69 bits per heavy atom. The second-order valence-corrected chi connectivity index (χ2v) is 11.4. The minimum Gasteiger partial charge on any atom is -0.491 e. The number of benzene rings is 2. The number of sulfonamides is 1. The van der Waals surface area contributed by atoms with Gasteiger partial charge < -0.3 is 4.74 Å². The van der Waals surface area contributed by atoms with Crippen LogP contribution in [0.25, 0.3) is 17.1 Å². The number of rotatable bonds is 12. The number of hydrogen-bond donors (Lipinski definition) is 1. The largest absolute Gasteiger partial charge is 0.491 e. The number of amides is 1. The minimum atomic E-state index is -4.04. The van der Waals surface area contributed by atoms with E-state index in [-0.39, 0.29) is 22.8 Å². The SMILES string of the molecule is CCCCc1nc(C)n(-c2ncc(OCC)cn2)c(=O)c1Cc1ccc(-c2ccccc2S(=O)(=O)NC(=O)CC)cc1. The third kappa shape index (κ3) is 6.91. The van der Waals surface area contributed by atoms with E-state index in [0.29, 0.717) is 47.7 Å². The maximum Gasteiger partial charge on any atom is 0.264 e. The summed E-state index contributed by atoms with van der Waals surface area (Å²) in [5, 5.41) is 0. The number of nitrogens with zero attached hydrogens (tertiary/aromatic N) is 4. The Labute approximate surface area is 245 Å². The third-order valence-electron chi connectivity index (χ3n) is 6.71. The zero-order chi connectivity index (χ0) is 30.3. The minimum absolute atomic E-state index is 0.0161. The van der Waals surface area contributed by atoms with Gasteiger partial charge in [-0.3, -0.25) is 9.59 Å². The van der Waals surface area contributed by atoms with Gasteiger partial charge in [0.1, 0.15) is 5.82 Å². The molecule has 2 aromatic carbocycles. The van der Waals surface area contributed by atoms with Crippen molar-refractivity contribution in [2.24, 2.45) is 0 Å². The summed E-state index contributed by atoms with van der Waals surface area (Å²) in [5.74, 6) is 0.663. The monoisotopic (exact) mass is 589 g/mol. The van der Waals surface area contributed by atoms with Gasteiger partial charge in [0.05, 0.1) is 29.6 Å². The van der Waals surface area contributed by atoms with Crippen LogP contribution in [0, 0.1) is 6.92 Å². The van der Waals surface area contributed by atoms with E-state index in [2.05, 4.69) is 21.6 Å². The zero-order valence-corrected chi connectivity index (χ0v) is 25.1. The van der Waals surface area contributed by atoms with E-state index in [0.717, 1.165) is 24.1 Å². The number of aryl methyl sites for hydroxylation is 2. The van der Waals surface area contributed by atoms with Crippen LogP contribution in [0.4, 0.5) is 0 Å². The number of nitrogens with one attached hydrogen (secondary N) is 1. The molecule has 2 aromatic heterocycles. The first-order valence-electron chi connectivity index (χ1n) is 14.0. The highest BCUT2D eigenvalue weighted by molar-refractivity contribution is 7.90. The Kier molecular flexibility index (Phi) is 9.84. The van der Waals surface area contributed by atoms with E-state index in [4.69, 9.17) is 9.72 Å². The normalized spacial score (nSPS) is 11.3. The molecule has 10 nitrogen and oxygen atoms in total. The Morgan fingerprint density at radius 3 is 2.33 bits per heavy atom. The topological polar surface area (TPSA) is 133 Å². The van der Waals surface area contributed by atoms with E-state index in [9.17, 15) is 18.0 Å². The molecule has 0 saturated carbocycles. The molecule has 0 bridgehead atoms. The van der Waals surface area contributed by atoms with E-state index in [1.54, 1.807) is 32.0 Å². The molecule has 42 heavy (non-hydrogen) atoms. The molecule has 0 saturated heterocycles. The van der Waals surface area contributed by atoms with Crippen LogP contribution < -0.4 is 15.0 Å². The number of carbonyl (C=O) groups excluding carboxylic acids is 1. The Bertz CT molecular complexity index is 1720. The summed E-state index contributed by atoms with van der Waals surface area (Å²) in [7, 11) is -4.04. The summed E-state index contributed by atoms with van der Waals surface area (Å²) in [6.45, 7) is 7.80. The Morgan fingerprint density at radius 1 is 1.00 bits per heavy atom. The number of unbranched alkanes of at least 4 members (excludes halogenated alkanes) is 1. The molecule has 0 aliphatic rings. The molecule has 0 radical (unpaired) electrons. The maximum atomic E-state index is 13.9. The fourth-order valence-electron chi connectivity index (χ4n) is 4.57. The highest BCUT2D eigenvalue weighted by Crippen LogP contribution is 2.28. The fourth-order valence-corrected chi connectivity index (χ4v) is 5.86. The highest BCUT2D eigenvalue weighted by Gasteiger charge is 2.22. The Balaban J connectivity index is 1.70. The van der Waals surface area contributed by atoms with Crippen molar-refractivity contribution in [3.05, 3.63) is 93.9 Å². The van der Waals surface area contributed by atoms with Crippen molar-refractivity contribution < 1.29 is 17.9 Å². The van der Waals surface area contributed by atoms with Gasteiger partial charge in [-0.15, -0.1) is 0 Å². The van der Waals surface area contributed by atoms with Gasteiger partial charge in [0.2, 0.25) is 11.9 Å². The van der Waals surface area contributed by atoms with Crippen molar-refractivity contribution in [1.82, 2.24) is 24.2 Å². The smallest absolute Gasteiger partial charge is 0.264 e. The maximum absolute atomic E-state index is 13.9. The van der Waals surface area contributed by atoms with Gasteiger partial charge in [0.15, 0.2) is 5.75 Å². The molecule has 0 aliphatic heterocycles. The summed E-state index contributed by atoms with van der Waals surface area (Å²) in [5.41, 5.74) is 3.06. The second-order valence-electron chi connectivity index (χ2n) is 9.73. The number of ether oxygens (including phenoxy) is 1. The summed E-state index contributed by atoms with van der Waals surface area (Å²) in [4.78, 5) is 39.2. The van der Waals surface area contributed by atoms with Crippen LogP contribution in [0.1, 0.15) is 62.7 Å².